The van der Waals surface area contributed by atoms with Crippen LogP contribution >= 0.6 is 0 Å². The van der Waals surface area contributed by atoms with E-state index in [1.807, 2.05) is 25.1 Å². The molecule has 0 aromatic heterocycles. The lowest BCUT2D eigenvalue weighted by molar-refractivity contribution is 0.318. The molecule has 5 nitrogen and oxygen atoms in total. The quantitative estimate of drug-likeness (QED) is 0.234. The lowest BCUT2D eigenvalue weighted by Gasteiger charge is -2.12. The highest BCUT2D eigenvalue weighted by atomic mass is 16.5. The van der Waals surface area contributed by atoms with Gasteiger partial charge in [-0.25, -0.2) is 0 Å². The van der Waals surface area contributed by atoms with Crippen molar-refractivity contribution in [3.05, 3.63) is 42.0 Å². The Morgan fingerprint density at radius 3 is 2.94 bits per heavy atom. The number of hydrogen-bond acceptors (Lipinski definition) is 4. The molecule has 0 spiro atoms. The lowest BCUT2D eigenvalue weighted by Crippen LogP contribution is -2.23. The highest BCUT2D eigenvalue weighted by molar-refractivity contribution is 5.99. The number of oxime groups is 1. The van der Waals surface area contributed by atoms with Gasteiger partial charge in [0.05, 0.1) is 12.7 Å². The van der Waals surface area contributed by atoms with E-state index in [2.05, 4.69) is 17.1 Å². The van der Waals surface area contributed by atoms with E-state index in [9.17, 15) is 0 Å². The fourth-order valence-corrected chi connectivity index (χ4v) is 1.48. The Morgan fingerprint density at radius 1 is 1.67 bits per heavy atom. The van der Waals surface area contributed by atoms with Crippen LogP contribution in [0.25, 0.3) is 0 Å². The van der Waals surface area contributed by atoms with E-state index >= 15 is 0 Å². The summed E-state index contributed by atoms with van der Waals surface area (Å²) >= 11 is 0. The minimum absolute atomic E-state index is 0.0328. The standard InChI is InChI=1S/C13H19N3O2/c1-4-9(2)15-8-10-5-6-12(18-3)11(7-10)13(14)16-17/h4-7,9,15,17H,1,8H2,2-3H3,(H2,14,16). The van der Waals surface area contributed by atoms with Crippen LogP contribution in [0.3, 0.4) is 0 Å². The predicted octanol–water partition coefficient (Wildman–Crippen LogP) is 1.45. The maximum Gasteiger partial charge on any atom is 0.173 e. The molecule has 0 saturated heterocycles. The normalized spacial score (nSPS) is 13.1. The first-order chi connectivity index (χ1) is 8.62. The van der Waals surface area contributed by atoms with Crippen LogP contribution in [0, 0.1) is 0 Å². The highest BCUT2D eigenvalue weighted by Gasteiger charge is 2.09. The van der Waals surface area contributed by atoms with Gasteiger partial charge in [0.2, 0.25) is 0 Å². The number of methoxy groups -OCH3 is 1. The van der Waals surface area contributed by atoms with Crippen LogP contribution < -0.4 is 15.8 Å². The Labute approximate surface area is 107 Å². The van der Waals surface area contributed by atoms with E-state index in [0.717, 1.165) is 5.56 Å². The third-order valence-corrected chi connectivity index (χ3v) is 2.63. The molecule has 0 aliphatic heterocycles. The van der Waals surface area contributed by atoms with Crippen LogP contribution in [-0.4, -0.2) is 24.2 Å². The molecule has 4 N–H and O–H groups in total. The molecule has 5 heteroatoms. The third kappa shape index (κ3) is 3.49. The van der Waals surface area contributed by atoms with E-state index in [1.165, 1.54) is 0 Å². The topological polar surface area (TPSA) is 79.9 Å². The van der Waals surface area contributed by atoms with Crippen molar-refractivity contribution in [2.75, 3.05) is 7.11 Å². The number of benzene rings is 1. The molecule has 1 unspecified atom stereocenters. The van der Waals surface area contributed by atoms with Crippen LogP contribution in [0.2, 0.25) is 0 Å². The first-order valence-corrected chi connectivity index (χ1v) is 5.63. The van der Waals surface area contributed by atoms with Gasteiger partial charge in [0.25, 0.3) is 0 Å². The molecule has 1 rings (SSSR count). The Balaban J connectivity index is 2.92. The number of rotatable bonds is 6. The molecular formula is C13H19N3O2. The molecule has 0 saturated carbocycles. The van der Waals surface area contributed by atoms with E-state index < -0.39 is 0 Å². The molecule has 1 aromatic rings. The minimum Gasteiger partial charge on any atom is -0.496 e. The first kappa shape index (κ1) is 14.1. The molecule has 0 radical (unpaired) electrons. The van der Waals surface area contributed by atoms with Crippen LogP contribution in [0.1, 0.15) is 18.1 Å². The van der Waals surface area contributed by atoms with Crippen molar-refractivity contribution in [2.45, 2.75) is 19.5 Å². The van der Waals surface area contributed by atoms with E-state index in [4.69, 9.17) is 15.7 Å². The van der Waals surface area contributed by atoms with Gasteiger partial charge in [-0.15, -0.1) is 6.58 Å². The molecule has 0 amide bonds. The summed E-state index contributed by atoms with van der Waals surface area (Å²) in [5, 5.41) is 15.0. The van der Waals surface area contributed by atoms with Crippen molar-refractivity contribution >= 4 is 5.84 Å². The molecule has 18 heavy (non-hydrogen) atoms. The molecular weight excluding hydrogens is 230 g/mol. The first-order valence-electron chi connectivity index (χ1n) is 5.63. The van der Waals surface area contributed by atoms with E-state index in [-0.39, 0.29) is 11.9 Å². The van der Waals surface area contributed by atoms with Crippen LogP contribution in [0.15, 0.2) is 36.0 Å². The molecule has 1 atom stereocenters. The van der Waals surface area contributed by atoms with Crippen molar-refractivity contribution < 1.29 is 9.94 Å². The summed E-state index contributed by atoms with van der Waals surface area (Å²) in [6.07, 6.45) is 1.83. The van der Waals surface area contributed by atoms with Gasteiger partial charge < -0.3 is 21.0 Å². The Bertz CT molecular complexity index is 444. The zero-order valence-electron chi connectivity index (χ0n) is 10.7. The van der Waals surface area contributed by atoms with Crippen molar-refractivity contribution in [3.8, 4) is 5.75 Å². The second-order valence-electron chi connectivity index (χ2n) is 3.93. The number of hydrogen-bond donors (Lipinski definition) is 3. The van der Waals surface area contributed by atoms with Crippen LogP contribution in [0.5, 0.6) is 5.75 Å². The number of nitrogens with zero attached hydrogens (tertiary/aromatic N) is 1. The van der Waals surface area contributed by atoms with Gasteiger partial charge in [0, 0.05) is 12.6 Å². The number of ether oxygens (including phenoxy) is 1. The molecule has 0 aliphatic rings. The predicted molar refractivity (Wildman–Crippen MR) is 72.0 cm³/mol. The van der Waals surface area contributed by atoms with E-state index in [1.54, 1.807) is 13.2 Å². The Morgan fingerprint density at radius 2 is 2.39 bits per heavy atom. The summed E-state index contributed by atoms with van der Waals surface area (Å²) in [5.74, 6) is 0.608. The minimum atomic E-state index is 0.0328. The van der Waals surface area contributed by atoms with Crippen molar-refractivity contribution in [1.82, 2.24) is 5.32 Å². The van der Waals surface area contributed by atoms with Crippen molar-refractivity contribution in [1.29, 1.82) is 0 Å². The molecule has 98 valence electrons. The lowest BCUT2D eigenvalue weighted by atomic mass is 10.1. The van der Waals surface area contributed by atoms with Gasteiger partial charge >= 0.3 is 0 Å². The molecule has 0 bridgehead atoms. The zero-order chi connectivity index (χ0) is 13.5. The number of nitrogens with two attached hydrogens (primary N) is 1. The zero-order valence-corrected chi connectivity index (χ0v) is 10.7. The Kier molecular flexibility index (Phi) is 5.20. The average molecular weight is 249 g/mol. The molecule has 0 fully saturated rings. The SMILES string of the molecule is C=CC(C)NCc1ccc(OC)c(/C(N)=N/O)c1. The maximum atomic E-state index is 8.73. The van der Waals surface area contributed by atoms with E-state index in [0.29, 0.717) is 17.9 Å². The molecule has 0 aliphatic carbocycles. The van der Waals surface area contributed by atoms with Crippen LogP contribution in [-0.2, 0) is 6.54 Å². The number of amidine groups is 1. The average Bonchev–Trinajstić information content (AvgIpc) is 2.43. The summed E-state index contributed by atoms with van der Waals surface area (Å²) in [5.41, 5.74) is 7.20. The number of nitrogens with one attached hydrogen (secondary N) is 1. The molecule has 0 heterocycles. The second kappa shape index (κ2) is 6.66. The smallest absolute Gasteiger partial charge is 0.173 e. The van der Waals surface area contributed by atoms with Crippen molar-refractivity contribution in [2.24, 2.45) is 10.9 Å². The summed E-state index contributed by atoms with van der Waals surface area (Å²) in [4.78, 5) is 0. The van der Waals surface area contributed by atoms with Gasteiger partial charge in [0.15, 0.2) is 5.84 Å². The summed E-state index contributed by atoms with van der Waals surface area (Å²) in [6, 6.07) is 5.77. The summed E-state index contributed by atoms with van der Waals surface area (Å²) < 4.78 is 5.16. The summed E-state index contributed by atoms with van der Waals surface area (Å²) in [6.45, 7) is 6.39. The van der Waals surface area contributed by atoms with Gasteiger partial charge in [-0.1, -0.05) is 17.3 Å². The Hall–Kier alpha value is -2.01. The van der Waals surface area contributed by atoms with Crippen LogP contribution in [0.4, 0.5) is 0 Å². The van der Waals surface area contributed by atoms with Gasteiger partial charge in [-0.3, -0.25) is 0 Å². The van der Waals surface area contributed by atoms with Gasteiger partial charge in [0.1, 0.15) is 5.75 Å². The summed E-state index contributed by atoms with van der Waals surface area (Å²) in [7, 11) is 1.54. The highest BCUT2D eigenvalue weighted by Crippen LogP contribution is 2.19. The third-order valence-electron chi connectivity index (χ3n) is 2.63. The second-order valence-corrected chi connectivity index (χ2v) is 3.93. The van der Waals surface area contributed by atoms with Crippen molar-refractivity contribution in [3.63, 3.8) is 0 Å². The van der Waals surface area contributed by atoms with Gasteiger partial charge in [-0.2, -0.15) is 0 Å². The maximum absolute atomic E-state index is 8.73. The largest absolute Gasteiger partial charge is 0.496 e. The molecule has 1 aromatic carbocycles. The fourth-order valence-electron chi connectivity index (χ4n) is 1.48. The fraction of sp³-hybridized carbons (Fsp3) is 0.308. The monoisotopic (exact) mass is 249 g/mol. The van der Waals surface area contributed by atoms with Gasteiger partial charge in [-0.05, 0) is 24.6 Å².